The molecule has 2 N–H and O–H groups in total. The second-order valence-corrected chi connectivity index (χ2v) is 5.51. The van der Waals surface area contributed by atoms with E-state index in [1.54, 1.807) is 30.3 Å². The van der Waals surface area contributed by atoms with Crippen molar-refractivity contribution in [3.63, 3.8) is 0 Å². The SMILES string of the molecule is CNC(=O)NC(=O)[C@H](OC(=O)[C@H](C)Oc1ccc(F)cc1)c1ccccc1. The van der Waals surface area contributed by atoms with Crippen molar-refractivity contribution in [1.82, 2.24) is 10.6 Å². The number of hydrogen-bond acceptors (Lipinski definition) is 5. The fourth-order valence-corrected chi connectivity index (χ4v) is 2.12. The van der Waals surface area contributed by atoms with Gasteiger partial charge >= 0.3 is 12.0 Å². The minimum Gasteiger partial charge on any atom is -0.479 e. The summed E-state index contributed by atoms with van der Waals surface area (Å²) < 4.78 is 23.6. The van der Waals surface area contributed by atoms with Crippen LogP contribution in [-0.2, 0) is 14.3 Å². The van der Waals surface area contributed by atoms with Crippen LogP contribution in [0.25, 0.3) is 0 Å². The number of esters is 1. The lowest BCUT2D eigenvalue weighted by atomic mass is 10.1. The summed E-state index contributed by atoms with van der Waals surface area (Å²) in [5.74, 6) is -1.79. The molecule has 0 heterocycles. The van der Waals surface area contributed by atoms with Gasteiger partial charge in [0.1, 0.15) is 11.6 Å². The van der Waals surface area contributed by atoms with E-state index in [0.29, 0.717) is 5.56 Å². The topological polar surface area (TPSA) is 93.7 Å². The summed E-state index contributed by atoms with van der Waals surface area (Å²) >= 11 is 0. The second-order valence-electron chi connectivity index (χ2n) is 5.51. The van der Waals surface area contributed by atoms with Gasteiger partial charge in [0.25, 0.3) is 5.91 Å². The number of hydrogen-bond donors (Lipinski definition) is 2. The van der Waals surface area contributed by atoms with Crippen LogP contribution in [0.15, 0.2) is 54.6 Å². The van der Waals surface area contributed by atoms with Gasteiger partial charge in [-0.25, -0.2) is 14.0 Å². The van der Waals surface area contributed by atoms with Crippen molar-refractivity contribution in [3.8, 4) is 5.75 Å². The molecule has 7 nitrogen and oxygen atoms in total. The van der Waals surface area contributed by atoms with E-state index >= 15 is 0 Å². The molecule has 8 heteroatoms. The molecule has 0 saturated heterocycles. The molecule has 142 valence electrons. The first kappa shape index (κ1) is 19.9. The Hall–Kier alpha value is -3.42. The van der Waals surface area contributed by atoms with Crippen LogP contribution < -0.4 is 15.4 Å². The summed E-state index contributed by atoms with van der Waals surface area (Å²) in [7, 11) is 1.35. The predicted octanol–water partition coefficient (Wildman–Crippen LogP) is 2.33. The molecule has 0 aliphatic carbocycles. The molecule has 2 aromatic carbocycles. The van der Waals surface area contributed by atoms with Crippen molar-refractivity contribution in [2.24, 2.45) is 0 Å². The molecule has 0 aliphatic rings. The van der Waals surface area contributed by atoms with Crippen molar-refractivity contribution >= 4 is 17.9 Å². The van der Waals surface area contributed by atoms with Gasteiger partial charge in [0.05, 0.1) is 0 Å². The van der Waals surface area contributed by atoms with Crippen LogP contribution in [0.5, 0.6) is 5.75 Å². The molecule has 0 unspecified atom stereocenters. The average Bonchev–Trinajstić information content (AvgIpc) is 2.68. The zero-order valence-corrected chi connectivity index (χ0v) is 14.8. The van der Waals surface area contributed by atoms with Crippen LogP contribution >= 0.6 is 0 Å². The summed E-state index contributed by atoms with van der Waals surface area (Å²) in [5, 5.41) is 4.33. The maximum atomic E-state index is 12.9. The highest BCUT2D eigenvalue weighted by molar-refractivity contribution is 5.97. The van der Waals surface area contributed by atoms with Crippen LogP contribution in [0, 0.1) is 5.82 Å². The van der Waals surface area contributed by atoms with Crippen molar-refractivity contribution in [3.05, 3.63) is 66.0 Å². The van der Waals surface area contributed by atoms with Crippen LogP contribution in [-0.4, -0.2) is 31.1 Å². The van der Waals surface area contributed by atoms with Gasteiger partial charge in [0, 0.05) is 12.6 Å². The molecular formula is C19H19FN2O5. The zero-order chi connectivity index (χ0) is 19.8. The van der Waals surface area contributed by atoms with Crippen LogP contribution in [0.3, 0.4) is 0 Å². The van der Waals surface area contributed by atoms with E-state index in [4.69, 9.17) is 9.47 Å². The van der Waals surface area contributed by atoms with Gasteiger partial charge in [0.2, 0.25) is 6.10 Å². The van der Waals surface area contributed by atoms with Gasteiger partial charge in [-0.05, 0) is 31.2 Å². The number of halogens is 1. The lowest BCUT2D eigenvalue weighted by molar-refractivity contribution is -0.162. The summed E-state index contributed by atoms with van der Waals surface area (Å²) in [5.41, 5.74) is 0.390. The standard InChI is InChI=1S/C19H19FN2O5/c1-12(26-15-10-8-14(20)9-11-15)18(24)27-16(13-6-4-3-5-7-13)17(23)22-19(25)21-2/h3-12,16H,1-2H3,(H2,21,22,23,25)/t12-,16+/m0/s1. The van der Waals surface area contributed by atoms with Gasteiger partial charge in [0.15, 0.2) is 6.10 Å². The van der Waals surface area contributed by atoms with E-state index in [-0.39, 0.29) is 5.75 Å². The highest BCUT2D eigenvalue weighted by atomic mass is 19.1. The monoisotopic (exact) mass is 374 g/mol. The molecule has 27 heavy (non-hydrogen) atoms. The first-order chi connectivity index (χ1) is 12.9. The van der Waals surface area contributed by atoms with Crippen LogP contribution in [0.4, 0.5) is 9.18 Å². The first-order valence-electron chi connectivity index (χ1n) is 8.11. The van der Waals surface area contributed by atoms with E-state index in [2.05, 4.69) is 10.6 Å². The third kappa shape index (κ3) is 5.81. The number of imide groups is 1. The third-order valence-electron chi connectivity index (χ3n) is 3.50. The smallest absolute Gasteiger partial charge is 0.348 e. The number of ether oxygens (including phenoxy) is 2. The van der Waals surface area contributed by atoms with E-state index in [1.807, 2.05) is 0 Å². The van der Waals surface area contributed by atoms with Gasteiger partial charge in [-0.3, -0.25) is 10.1 Å². The van der Waals surface area contributed by atoms with Gasteiger partial charge in [-0.1, -0.05) is 30.3 Å². The number of nitrogens with one attached hydrogen (secondary N) is 2. The molecule has 0 fully saturated rings. The molecular weight excluding hydrogens is 355 g/mol. The highest BCUT2D eigenvalue weighted by Gasteiger charge is 2.29. The number of urea groups is 1. The predicted molar refractivity (Wildman–Crippen MR) is 94.4 cm³/mol. The summed E-state index contributed by atoms with van der Waals surface area (Å²) in [6.45, 7) is 1.43. The lowest BCUT2D eigenvalue weighted by Gasteiger charge is -2.20. The summed E-state index contributed by atoms with van der Waals surface area (Å²) in [6.07, 6.45) is -2.40. The van der Waals surface area contributed by atoms with Crippen molar-refractivity contribution in [2.45, 2.75) is 19.1 Å². The fourth-order valence-electron chi connectivity index (χ4n) is 2.12. The Morgan fingerprint density at radius 3 is 2.22 bits per heavy atom. The number of rotatable bonds is 6. The van der Waals surface area contributed by atoms with Crippen molar-refractivity contribution < 1.29 is 28.2 Å². The van der Waals surface area contributed by atoms with Crippen molar-refractivity contribution in [2.75, 3.05) is 7.05 Å². The summed E-state index contributed by atoms with van der Waals surface area (Å²) in [6, 6.07) is 12.6. The molecule has 2 aromatic rings. The highest BCUT2D eigenvalue weighted by Crippen LogP contribution is 2.20. The van der Waals surface area contributed by atoms with Gasteiger partial charge in [-0.2, -0.15) is 0 Å². The molecule has 0 radical (unpaired) electrons. The number of amides is 3. The first-order valence-corrected chi connectivity index (χ1v) is 8.11. The van der Waals surface area contributed by atoms with E-state index in [1.165, 1.54) is 38.2 Å². The Kier molecular flexibility index (Phi) is 6.87. The molecule has 0 aromatic heterocycles. The molecule has 0 bridgehead atoms. The minimum absolute atomic E-state index is 0.270. The van der Waals surface area contributed by atoms with E-state index in [9.17, 15) is 18.8 Å². The maximum Gasteiger partial charge on any atom is 0.348 e. The minimum atomic E-state index is -1.34. The number of carbonyl (C=O) groups excluding carboxylic acids is 3. The Balaban J connectivity index is 2.11. The largest absolute Gasteiger partial charge is 0.479 e. The second kappa shape index (κ2) is 9.33. The van der Waals surface area contributed by atoms with E-state index in [0.717, 1.165) is 0 Å². The Labute approximate surface area is 155 Å². The molecule has 0 saturated carbocycles. The normalized spacial score (nSPS) is 12.4. The molecule has 0 spiro atoms. The fraction of sp³-hybridized carbons (Fsp3) is 0.211. The van der Waals surface area contributed by atoms with Crippen molar-refractivity contribution in [1.29, 1.82) is 0 Å². The molecule has 0 aliphatic heterocycles. The third-order valence-corrected chi connectivity index (χ3v) is 3.50. The van der Waals surface area contributed by atoms with Crippen LogP contribution in [0.1, 0.15) is 18.6 Å². The maximum absolute atomic E-state index is 12.9. The van der Waals surface area contributed by atoms with Crippen LogP contribution in [0.2, 0.25) is 0 Å². The Bertz CT molecular complexity index is 796. The average molecular weight is 374 g/mol. The lowest BCUT2D eigenvalue weighted by Crippen LogP contribution is -2.42. The summed E-state index contributed by atoms with van der Waals surface area (Å²) in [4.78, 5) is 36.1. The van der Waals surface area contributed by atoms with E-state index < -0.39 is 35.9 Å². The molecule has 2 atom stereocenters. The van der Waals surface area contributed by atoms with Gasteiger partial charge in [-0.15, -0.1) is 0 Å². The molecule has 2 rings (SSSR count). The van der Waals surface area contributed by atoms with Gasteiger partial charge < -0.3 is 14.8 Å². The number of carbonyl (C=O) groups is 3. The Morgan fingerprint density at radius 2 is 1.63 bits per heavy atom. The zero-order valence-electron chi connectivity index (χ0n) is 14.8. The number of benzene rings is 2. The molecule has 3 amide bonds. The Morgan fingerprint density at radius 1 is 1.00 bits per heavy atom. The quantitative estimate of drug-likeness (QED) is 0.757.